The molecule has 0 spiro atoms. The molecule has 1 fully saturated rings. The summed E-state index contributed by atoms with van der Waals surface area (Å²) in [5.74, 6) is 0.900. The minimum atomic E-state index is -3.73. The van der Waals surface area contributed by atoms with Crippen LogP contribution in [0.2, 0.25) is 0 Å². The van der Waals surface area contributed by atoms with Gasteiger partial charge in [-0.2, -0.15) is 0 Å². The molecule has 0 amide bonds. The summed E-state index contributed by atoms with van der Waals surface area (Å²) in [6.07, 6.45) is 1.56. The summed E-state index contributed by atoms with van der Waals surface area (Å²) in [6.45, 7) is 4.86. The zero-order chi connectivity index (χ0) is 16.4. The SMILES string of the molecule is Cc1cc(N2CCN(c3ccccc3S(N)(=O)=O)CC2)ncn1. The number of sulfonamides is 1. The van der Waals surface area contributed by atoms with Gasteiger partial charge in [-0.3, -0.25) is 0 Å². The minimum Gasteiger partial charge on any atom is -0.367 e. The summed E-state index contributed by atoms with van der Waals surface area (Å²) in [5.41, 5.74) is 1.59. The van der Waals surface area contributed by atoms with Crippen LogP contribution in [0.4, 0.5) is 11.5 Å². The second-order valence-electron chi connectivity index (χ2n) is 5.50. The van der Waals surface area contributed by atoms with Crippen molar-refractivity contribution in [3.05, 3.63) is 42.4 Å². The first-order valence-corrected chi connectivity index (χ1v) is 8.90. The molecule has 2 heterocycles. The van der Waals surface area contributed by atoms with Gasteiger partial charge in [0.25, 0.3) is 0 Å². The van der Waals surface area contributed by atoms with Crippen LogP contribution in [0.1, 0.15) is 5.69 Å². The summed E-state index contributed by atoms with van der Waals surface area (Å²) in [4.78, 5) is 12.8. The van der Waals surface area contributed by atoms with E-state index < -0.39 is 10.0 Å². The quantitative estimate of drug-likeness (QED) is 0.891. The summed E-state index contributed by atoms with van der Waals surface area (Å²) in [5, 5.41) is 5.32. The first-order valence-electron chi connectivity index (χ1n) is 7.35. The number of anilines is 2. The fourth-order valence-corrected chi connectivity index (χ4v) is 3.51. The molecule has 1 aromatic carbocycles. The van der Waals surface area contributed by atoms with Gasteiger partial charge >= 0.3 is 0 Å². The largest absolute Gasteiger partial charge is 0.367 e. The zero-order valence-corrected chi connectivity index (χ0v) is 13.7. The number of nitrogens with zero attached hydrogens (tertiary/aromatic N) is 4. The van der Waals surface area contributed by atoms with E-state index in [2.05, 4.69) is 14.9 Å². The van der Waals surface area contributed by atoms with Crippen molar-refractivity contribution in [3.63, 3.8) is 0 Å². The van der Waals surface area contributed by atoms with Gasteiger partial charge in [0.05, 0.1) is 5.69 Å². The third-order valence-electron chi connectivity index (χ3n) is 3.91. The maximum absolute atomic E-state index is 11.7. The van der Waals surface area contributed by atoms with Gasteiger partial charge in [0, 0.05) is 37.9 Å². The molecule has 0 atom stereocenters. The van der Waals surface area contributed by atoms with Gasteiger partial charge in [-0.25, -0.2) is 23.5 Å². The Morgan fingerprint density at radius 1 is 1.04 bits per heavy atom. The number of aryl methyl sites for hydroxylation is 1. The molecule has 0 saturated carbocycles. The molecule has 0 aliphatic carbocycles. The molecule has 1 aliphatic heterocycles. The Morgan fingerprint density at radius 3 is 2.35 bits per heavy atom. The maximum Gasteiger partial charge on any atom is 0.240 e. The van der Waals surface area contributed by atoms with E-state index in [0.29, 0.717) is 18.8 Å². The van der Waals surface area contributed by atoms with Crippen molar-refractivity contribution < 1.29 is 8.42 Å². The molecule has 7 nitrogen and oxygen atoms in total. The summed E-state index contributed by atoms with van der Waals surface area (Å²) in [7, 11) is -3.73. The van der Waals surface area contributed by atoms with E-state index in [1.165, 1.54) is 0 Å². The Hall–Kier alpha value is -2.19. The van der Waals surface area contributed by atoms with Crippen LogP contribution in [0.25, 0.3) is 0 Å². The highest BCUT2D eigenvalue weighted by Crippen LogP contribution is 2.25. The van der Waals surface area contributed by atoms with E-state index in [0.717, 1.165) is 24.6 Å². The van der Waals surface area contributed by atoms with E-state index in [4.69, 9.17) is 5.14 Å². The molecule has 0 bridgehead atoms. The molecule has 1 aromatic heterocycles. The molecule has 23 heavy (non-hydrogen) atoms. The Kier molecular flexibility index (Phi) is 4.18. The summed E-state index contributed by atoms with van der Waals surface area (Å²) >= 11 is 0. The molecule has 2 N–H and O–H groups in total. The van der Waals surface area contributed by atoms with Gasteiger partial charge in [0.15, 0.2) is 0 Å². The van der Waals surface area contributed by atoms with Crippen molar-refractivity contribution in [3.8, 4) is 0 Å². The Morgan fingerprint density at radius 2 is 1.70 bits per heavy atom. The van der Waals surface area contributed by atoms with Crippen LogP contribution in [-0.4, -0.2) is 44.6 Å². The third kappa shape index (κ3) is 3.43. The van der Waals surface area contributed by atoms with Crippen LogP contribution in [0.5, 0.6) is 0 Å². The first kappa shape index (κ1) is 15.7. The highest BCUT2D eigenvalue weighted by molar-refractivity contribution is 7.89. The lowest BCUT2D eigenvalue weighted by Crippen LogP contribution is -2.47. The van der Waals surface area contributed by atoms with Gasteiger partial charge in [-0.15, -0.1) is 0 Å². The van der Waals surface area contributed by atoms with Gasteiger partial charge in [0.1, 0.15) is 17.0 Å². The van der Waals surface area contributed by atoms with Crippen LogP contribution < -0.4 is 14.9 Å². The smallest absolute Gasteiger partial charge is 0.240 e. The van der Waals surface area contributed by atoms with Crippen molar-refractivity contribution in [1.29, 1.82) is 0 Å². The number of primary sulfonamides is 1. The Bertz CT molecular complexity index is 801. The first-order chi connectivity index (χ1) is 10.9. The molecule has 122 valence electrons. The number of piperazine rings is 1. The number of hydrogen-bond acceptors (Lipinski definition) is 6. The van der Waals surface area contributed by atoms with Crippen LogP contribution in [0.3, 0.4) is 0 Å². The molecule has 3 rings (SSSR count). The maximum atomic E-state index is 11.7. The van der Waals surface area contributed by atoms with E-state index in [-0.39, 0.29) is 4.90 Å². The van der Waals surface area contributed by atoms with Gasteiger partial charge in [0.2, 0.25) is 10.0 Å². The third-order valence-corrected chi connectivity index (χ3v) is 4.86. The fourth-order valence-electron chi connectivity index (χ4n) is 2.75. The predicted octanol–water partition coefficient (Wildman–Crippen LogP) is 0.759. The van der Waals surface area contributed by atoms with E-state index >= 15 is 0 Å². The zero-order valence-electron chi connectivity index (χ0n) is 12.9. The van der Waals surface area contributed by atoms with Crippen molar-refractivity contribution in [2.75, 3.05) is 36.0 Å². The highest BCUT2D eigenvalue weighted by Gasteiger charge is 2.23. The second-order valence-corrected chi connectivity index (χ2v) is 7.03. The number of nitrogens with two attached hydrogens (primary N) is 1. The van der Waals surface area contributed by atoms with Gasteiger partial charge < -0.3 is 9.80 Å². The van der Waals surface area contributed by atoms with E-state index in [9.17, 15) is 8.42 Å². The fraction of sp³-hybridized carbons (Fsp3) is 0.333. The average molecular weight is 333 g/mol. The van der Waals surface area contributed by atoms with Crippen LogP contribution in [0.15, 0.2) is 41.6 Å². The van der Waals surface area contributed by atoms with Gasteiger partial charge in [-0.05, 0) is 19.1 Å². The molecule has 8 heteroatoms. The molecule has 0 unspecified atom stereocenters. The Balaban J connectivity index is 1.78. The van der Waals surface area contributed by atoms with Crippen molar-refractivity contribution in [2.45, 2.75) is 11.8 Å². The molecular weight excluding hydrogens is 314 g/mol. The van der Waals surface area contributed by atoms with E-state index in [1.54, 1.807) is 24.5 Å². The standard InChI is InChI=1S/C15H19N5O2S/c1-12-10-15(18-11-17-12)20-8-6-19(7-9-20)13-4-2-3-5-14(13)23(16,21)22/h2-5,10-11H,6-9H2,1H3,(H2,16,21,22). The van der Waals surface area contributed by atoms with Crippen LogP contribution >= 0.6 is 0 Å². The number of rotatable bonds is 3. The normalized spacial score (nSPS) is 15.7. The molecule has 1 saturated heterocycles. The topological polar surface area (TPSA) is 92.4 Å². The van der Waals surface area contributed by atoms with Crippen molar-refractivity contribution >= 4 is 21.5 Å². The number of para-hydroxylation sites is 1. The van der Waals surface area contributed by atoms with Gasteiger partial charge in [-0.1, -0.05) is 12.1 Å². The molecule has 2 aromatic rings. The lowest BCUT2D eigenvalue weighted by atomic mass is 10.2. The second kappa shape index (κ2) is 6.13. The van der Waals surface area contributed by atoms with Crippen LogP contribution in [0, 0.1) is 6.92 Å². The lowest BCUT2D eigenvalue weighted by molar-refractivity contribution is 0.595. The summed E-state index contributed by atoms with van der Waals surface area (Å²) in [6, 6.07) is 8.80. The predicted molar refractivity (Wildman–Crippen MR) is 89.0 cm³/mol. The highest BCUT2D eigenvalue weighted by atomic mass is 32.2. The van der Waals surface area contributed by atoms with Crippen LogP contribution in [-0.2, 0) is 10.0 Å². The molecule has 0 radical (unpaired) electrons. The number of aromatic nitrogens is 2. The molecular formula is C15H19N5O2S. The van der Waals surface area contributed by atoms with Crippen molar-refractivity contribution in [1.82, 2.24) is 9.97 Å². The van der Waals surface area contributed by atoms with E-state index in [1.807, 2.05) is 24.0 Å². The monoisotopic (exact) mass is 333 g/mol. The average Bonchev–Trinajstić information content (AvgIpc) is 2.54. The Labute approximate surface area is 135 Å². The molecule has 1 aliphatic rings. The summed E-state index contributed by atoms with van der Waals surface area (Å²) < 4.78 is 23.5. The number of benzene rings is 1. The van der Waals surface area contributed by atoms with Crippen molar-refractivity contribution in [2.24, 2.45) is 5.14 Å². The lowest BCUT2D eigenvalue weighted by Gasteiger charge is -2.37. The minimum absolute atomic E-state index is 0.173. The number of hydrogen-bond donors (Lipinski definition) is 1.